The van der Waals surface area contributed by atoms with Gasteiger partial charge in [0.05, 0.1) is 0 Å². The van der Waals surface area contributed by atoms with Crippen LogP contribution in [-0.4, -0.2) is 17.7 Å². The van der Waals surface area contributed by atoms with Gasteiger partial charge in [-0.1, -0.05) is 30.3 Å². The summed E-state index contributed by atoms with van der Waals surface area (Å²) in [6.45, 7) is -0.335. The van der Waals surface area contributed by atoms with E-state index in [1.807, 2.05) is 30.3 Å². The topological polar surface area (TPSA) is 49.3 Å². The number of hydrogen-bond acceptors (Lipinski definition) is 2. The van der Waals surface area contributed by atoms with E-state index < -0.39 is 0 Å². The van der Waals surface area contributed by atoms with Crippen molar-refractivity contribution in [3.63, 3.8) is 0 Å². The molecule has 0 aliphatic carbocycles. The quantitative estimate of drug-likeness (QED) is 0.529. The summed E-state index contributed by atoms with van der Waals surface area (Å²) in [6.07, 6.45) is 3.07. The van der Waals surface area contributed by atoms with Crippen molar-refractivity contribution < 1.29 is 9.90 Å². The van der Waals surface area contributed by atoms with Crippen molar-refractivity contribution in [2.45, 2.75) is 0 Å². The third-order valence-electron chi connectivity index (χ3n) is 1.48. The Bertz CT molecular complexity index is 293. The molecule has 0 saturated heterocycles. The average Bonchev–Trinajstić information content (AvgIpc) is 2.17. The lowest BCUT2D eigenvalue weighted by molar-refractivity contribution is -0.117. The zero-order chi connectivity index (χ0) is 9.52. The van der Waals surface area contributed by atoms with Gasteiger partial charge in [-0.2, -0.15) is 0 Å². The van der Waals surface area contributed by atoms with E-state index in [0.29, 0.717) is 0 Å². The lowest BCUT2D eigenvalue weighted by Gasteiger charge is -1.94. The molecule has 1 aromatic rings. The summed E-state index contributed by atoms with van der Waals surface area (Å²) in [4.78, 5) is 10.9. The fraction of sp³-hybridized carbons (Fsp3) is 0.100. The van der Waals surface area contributed by atoms with E-state index in [1.165, 1.54) is 6.08 Å². The molecule has 3 nitrogen and oxygen atoms in total. The normalized spacial score (nSPS) is 10.2. The highest BCUT2D eigenvalue weighted by Gasteiger charge is 1.90. The highest BCUT2D eigenvalue weighted by molar-refractivity contribution is 5.91. The largest absolute Gasteiger partial charge is 0.376 e. The third-order valence-corrected chi connectivity index (χ3v) is 1.48. The van der Waals surface area contributed by atoms with Crippen LogP contribution < -0.4 is 5.32 Å². The molecule has 0 heterocycles. The van der Waals surface area contributed by atoms with Crippen LogP contribution in [0.2, 0.25) is 0 Å². The molecular weight excluding hydrogens is 166 g/mol. The van der Waals surface area contributed by atoms with E-state index in [2.05, 4.69) is 5.32 Å². The van der Waals surface area contributed by atoms with E-state index in [0.717, 1.165) is 5.56 Å². The monoisotopic (exact) mass is 177 g/mol. The summed E-state index contributed by atoms with van der Waals surface area (Å²) >= 11 is 0. The second-order valence-corrected chi connectivity index (χ2v) is 2.44. The summed E-state index contributed by atoms with van der Waals surface area (Å²) in [7, 11) is 0. The van der Waals surface area contributed by atoms with Crippen LogP contribution in [0.5, 0.6) is 0 Å². The number of benzene rings is 1. The molecule has 0 aliphatic rings. The Hall–Kier alpha value is -1.61. The van der Waals surface area contributed by atoms with E-state index in [9.17, 15) is 4.79 Å². The fourth-order valence-corrected chi connectivity index (χ4v) is 0.873. The number of hydrogen-bond donors (Lipinski definition) is 2. The van der Waals surface area contributed by atoms with Crippen molar-refractivity contribution in [1.29, 1.82) is 0 Å². The van der Waals surface area contributed by atoms with Crippen LogP contribution in [0.3, 0.4) is 0 Å². The van der Waals surface area contributed by atoms with E-state index >= 15 is 0 Å². The highest BCUT2D eigenvalue weighted by Crippen LogP contribution is 1.99. The molecular formula is C10H11NO2. The molecule has 0 spiro atoms. The second kappa shape index (κ2) is 5.11. The zero-order valence-corrected chi connectivity index (χ0v) is 7.10. The molecule has 1 amide bonds. The van der Waals surface area contributed by atoms with Gasteiger partial charge in [0.1, 0.15) is 6.73 Å². The van der Waals surface area contributed by atoms with Crippen LogP contribution in [0.15, 0.2) is 36.4 Å². The Morgan fingerprint density at radius 3 is 2.69 bits per heavy atom. The van der Waals surface area contributed by atoms with Gasteiger partial charge in [0, 0.05) is 6.08 Å². The van der Waals surface area contributed by atoms with Crippen molar-refractivity contribution in [2.24, 2.45) is 0 Å². The molecule has 0 atom stereocenters. The lowest BCUT2D eigenvalue weighted by atomic mass is 10.2. The van der Waals surface area contributed by atoms with Crippen molar-refractivity contribution in [1.82, 2.24) is 5.32 Å². The third kappa shape index (κ3) is 3.53. The minimum Gasteiger partial charge on any atom is -0.376 e. The van der Waals surface area contributed by atoms with Gasteiger partial charge >= 0.3 is 0 Å². The molecule has 0 aromatic heterocycles. The van der Waals surface area contributed by atoms with Crippen molar-refractivity contribution in [3.8, 4) is 0 Å². The molecule has 1 aromatic carbocycles. The van der Waals surface area contributed by atoms with E-state index in [4.69, 9.17) is 5.11 Å². The molecule has 0 bridgehead atoms. The van der Waals surface area contributed by atoms with Gasteiger partial charge in [-0.3, -0.25) is 4.79 Å². The van der Waals surface area contributed by atoms with Crippen LogP contribution in [-0.2, 0) is 4.79 Å². The zero-order valence-electron chi connectivity index (χ0n) is 7.10. The SMILES string of the molecule is O=C(/C=C/c1ccccc1)NCO. The van der Waals surface area contributed by atoms with Crippen LogP contribution in [0.1, 0.15) is 5.56 Å². The van der Waals surface area contributed by atoms with E-state index in [-0.39, 0.29) is 12.6 Å². The van der Waals surface area contributed by atoms with Crippen LogP contribution >= 0.6 is 0 Å². The molecule has 0 radical (unpaired) electrons. The first-order chi connectivity index (χ1) is 6.33. The Balaban J connectivity index is 2.54. The standard InChI is InChI=1S/C10H11NO2/c12-8-11-10(13)7-6-9-4-2-1-3-5-9/h1-7,12H,8H2,(H,11,13)/b7-6+. The Labute approximate surface area is 76.7 Å². The number of carbonyl (C=O) groups is 1. The maximum absolute atomic E-state index is 10.9. The first-order valence-electron chi connectivity index (χ1n) is 3.95. The molecule has 1 rings (SSSR count). The van der Waals surface area contributed by atoms with Crippen LogP contribution in [0.4, 0.5) is 0 Å². The van der Waals surface area contributed by atoms with Crippen molar-refractivity contribution in [3.05, 3.63) is 42.0 Å². The first kappa shape index (κ1) is 9.48. The van der Waals surface area contributed by atoms with Gasteiger partial charge < -0.3 is 10.4 Å². The highest BCUT2D eigenvalue weighted by atomic mass is 16.3. The van der Waals surface area contributed by atoms with Gasteiger partial charge in [0.15, 0.2) is 0 Å². The minimum absolute atomic E-state index is 0.300. The van der Waals surface area contributed by atoms with Gasteiger partial charge in [-0.05, 0) is 11.6 Å². The Morgan fingerprint density at radius 2 is 2.08 bits per heavy atom. The smallest absolute Gasteiger partial charge is 0.245 e. The van der Waals surface area contributed by atoms with Crippen LogP contribution in [0, 0.1) is 0 Å². The predicted molar refractivity (Wildman–Crippen MR) is 50.7 cm³/mol. The molecule has 3 heteroatoms. The molecule has 2 N–H and O–H groups in total. The summed E-state index contributed by atoms with van der Waals surface area (Å²) in [5.41, 5.74) is 0.954. The maximum Gasteiger partial charge on any atom is 0.245 e. The number of amides is 1. The minimum atomic E-state index is -0.335. The molecule has 13 heavy (non-hydrogen) atoms. The number of aliphatic hydroxyl groups excluding tert-OH is 1. The summed E-state index contributed by atoms with van der Waals surface area (Å²) < 4.78 is 0. The van der Waals surface area contributed by atoms with Crippen molar-refractivity contribution >= 4 is 12.0 Å². The molecule has 68 valence electrons. The Kier molecular flexibility index (Phi) is 3.73. The predicted octanol–water partition coefficient (Wildman–Crippen LogP) is 0.766. The van der Waals surface area contributed by atoms with Gasteiger partial charge in [0.25, 0.3) is 0 Å². The van der Waals surface area contributed by atoms with Crippen molar-refractivity contribution in [2.75, 3.05) is 6.73 Å². The number of rotatable bonds is 3. The van der Waals surface area contributed by atoms with Gasteiger partial charge in [0.2, 0.25) is 5.91 Å². The number of aliphatic hydroxyl groups is 1. The molecule has 0 aliphatic heterocycles. The fourth-order valence-electron chi connectivity index (χ4n) is 0.873. The average molecular weight is 177 g/mol. The molecule has 0 unspecified atom stereocenters. The second-order valence-electron chi connectivity index (χ2n) is 2.44. The van der Waals surface area contributed by atoms with E-state index in [1.54, 1.807) is 6.08 Å². The molecule has 0 saturated carbocycles. The van der Waals surface area contributed by atoms with Crippen LogP contribution in [0.25, 0.3) is 6.08 Å². The number of nitrogens with one attached hydrogen (secondary N) is 1. The molecule has 0 fully saturated rings. The first-order valence-corrected chi connectivity index (χ1v) is 3.95. The number of carbonyl (C=O) groups excluding carboxylic acids is 1. The summed E-state index contributed by atoms with van der Waals surface area (Å²) in [5, 5.41) is 10.6. The van der Waals surface area contributed by atoms with Gasteiger partial charge in [-0.15, -0.1) is 0 Å². The summed E-state index contributed by atoms with van der Waals surface area (Å²) in [5.74, 6) is -0.300. The lowest BCUT2D eigenvalue weighted by Crippen LogP contribution is -2.21. The summed E-state index contributed by atoms with van der Waals surface area (Å²) in [6, 6.07) is 9.48. The maximum atomic E-state index is 10.9. The Morgan fingerprint density at radius 1 is 1.38 bits per heavy atom. The van der Waals surface area contributed by atoms with Gasteiger partial charge in [-0.25, -0.2) is 0 Å².